The molecule has 1 aliphatic heterocycles. The van der Waals surface area contributed by atoms with Crippen molar-refractivity contribution in [3.63, 3.8) is 0 Å². The number of nitrogens with one attached hydrogen (secondary N) is 1. The van der Waals surface area contributed by atoms with E-state index in [1.54, 1.807) is 12.1 Å². The number of thioether (sulfide) groups is 1. The molecule has 0 radical (unpaired) electrons. The largest absolute Gasteiger partial charge is 0.465 e. The van der Waals surface area contributed by atoms with Crippen LogP contribution in [0.1, 0.15) is 10.4 Å². The van der Waals surface area contributed by atoms with Crippen LogP contribution in [-0.4, -0.2) is 35.8 Å². The molecule has 0 bridgehead atoms. The number of aliphatic imine (C=N–C) groups is 1. The van der Waals surface area contributed by atoms with E-state index in [9.17, 15) is 14.4 Å². The lowest BCUT2D eigenvalue weighted by atomic mass is 10.2. The first-order valence-electron chi connectivity index (χ1n) is 6.34. The summed E-state index contributed by atoms with van der Waals surface area (Å²) in [5.74, 6) is -1.32. The Labute approximate surface area is 135 Å². The third kappa shape index (κ3) is 4.58. The van der Waals surface area contributed by atoms with Crippen molar-refractivity contribution in [1.29, 1.82) is 0 Å². The highest BCUT2D eigenvalue weighted by Crippen LogP contribution is 2.15. The molecule has 9 heteroatoms. The molecular formula is C14H12N4O4S. The number of benzene rings is 1. The first kappa shape index (κ1) is 16.6. The van der Waals surface area contributed by atoms with Gasteiger partial charge in [0.05, 0.1) is 18.4 Å². The van der Waals surface area contributed by atoms with Crippen molar-refractivity contribution >= 4 is 40.4 Å². The van der Waals surface area contributed by atoms with Crippen LogP contribution in [0.2, 0.25) is 0 Å². The molecule has 1 aliphatic rings. The fourth-order valence-corrected chi connectivity index (χ4v) is 2.09. The standard InChI is InChI=1S/C14H12N4O4S/c1-8-12(20)16-14(18-17-8)23-7-11(19)15-10-5-3-9(4-6-10)13(21)22-2/h3-6H,1,7H2,2H3,(H,15,19). The SMILES string of the molecule is C=C1N=NC(SCC(=O)Nc2ccc(C(=O)OC)cc2)=NC1=O. The molecule has 1 aromatic rings. The van der Waals surface area contributed by atoms with Gasteiger partial charge in [0.2, 0.25) is 11.1 Å². The highest BCUT2D eigenvalue weighted by Gasteiger charge is 2.15. The van der Waals surface area contributed by atoms with E-state index in [0.717, 1.165) is 11.8 Å². The van der Waals surface area contributed by atoms with Gasteiger partial charge in [0.1, 0.15) is 5.70 Å². The molecule has 0 spiro atoms. The number of nitrogens with zero attached hydrogens (tertiary/aromatic N) is 3. The van der Waals surface area contributed by atoms with E-state index in [-0.39, 0.29) is 22.5 Å². The van der Waals surface area contributed by atoms with Crippen LogP contribution < -0.4 is 5.32 Å². The molecule has 23 heavy (non-hydrogen) atoms. The minimum atomic E-state index is -0.568. The van der Waals surface area contributed by atoms with Crippen LogP contribution in [0.4, 0.5) is 5.69 Å². The quantitative estimate of drug-likeness (QED) is 0.670. The number of carbonyl (C=O) groups is 3. The Balaban J connectivity index is 1.87. The summed E-state index contributed by atoms with van der Waals surface area (Å²) in [4.78, 5) is 38.0. The number of anilines is 1. The van der Waals surface area contributed by atoms with Gasteiger partial charge < -0.3 is 10.1 Å². The van der Waals surface area contributed by atoms with E-state index in [4.69, 9.17) is 0 Å². The molecule has 0 saturated heterocycles. The molecule has 0 saturated carbocycles. The fraction of sp³-hybridized carbons (Fsp3) is 0.143. The van der Waals surface area contributed by atoms with Crippen molar-refractivity contribution in [2.75, 3.05) is 18.2 Å². The molecule has 2 rings (SSSR count). The van der Waals surface area contributed by atoms with Crippen molar-refractivity contribution in [1.82, 2.24) is 0 Å². The van der Waals surface area contributed by atoms with E-state index in [2.05, 4.69) is 31.9 Å². The first-order valence-corrected chi connectivity index (χ1v) is 7.33. The molecule has 0 aromatic heterocycles. The van der Waals surface area contributed by atoms with Gasteiger partial charge in [-0.3, -0.25) is 9.59 Å². The number of amides is 2. The number of hydrogen-bond donors (Lipinski definition) is 1. The summed E-state index contributed by atoms with van der Waals surface area (Å²) in [6, 6.07) is 6.25. The molecule has 0 fully saturated rings. The van der Waals surface area contributed by atoms with Gasteiger partial charge in [-0.2, -0.15) is 4.99 Å². The van der Waals surface area contributed by atoms with Crippen molar-refractivity contribution in [3.05, 3.63) is 42.1 Å². The van der Waals surface area contributed by atoms with Crippen LogP contribution in [0, 0.1) is 0 Å². The average Bonchev–Trinajstić information content (AvgIpc) is 2.56. The predicted molar refractivity (Wildman–Crippen MR) is 85.3 cm³/mol. The molecule has 2 amide bonds. The van der Waals surface area contributed by atoms with Gasteiger partial charge >= 0.3 is 5.97 Å². The molecule has 1 aromatic carbocycles. The molecule has 1 heterocycles. The zero-order chi connectivity index (χ0) is 16.8. The van der Waals surface area contributed by atoms with Gasteiger partial charge in [-0.1, -0.05) is 18.3 Å². The summed E-state index contributed by atoms with van der Waals surface area (Å²) in [6.45, 7) is 3.37. The highest BCUT2D eigenvalue weighted by molar-refractivity contribution is 8.14. The summed E-state index contributed by atoms with van der Waals surface area (Å²) in [5.41, 5.74) is 0.875. The lowest BCUT2D eigenvalue weighted by molar-refractivity contribution is -0.115. The number of ether oxygens (including phenoxy) is 1. The van der Waals surface area contributed by atoms with Gasteiger partial charge in [-0.15, -0.1) is 10.2 Å². The summed E-state index contributed by atoms with van der Waals surface area (Å²) >= 11 is 0.984. The van der Waals surface area contributed by atoms with Crippen LogP contribution in [0.15, 0.2) is 51.8 Å². The molecule has 118 valence electrons. The summed E-state index contributed by atoms with van der Waals surface area (Å²) in [7, 11) is 1.29. The molecule has 1 N–H and O–H groups in total. The van der Waals surface area contributed by atoms with Crippen LogP contribution in [0.25, 0.3) is 0 Å². The van der Waals surface area contributed by atoms with Crippen molar-refractivity contribution < 1.29 is 19.1 Å². The maximum Gasteiger partial charge on any atom is 0.337 e. The fourth-order valence-electron chi connectivity index (χ4n) is 1.52. The number of rotatable bonds is 4. The van der Waals surface area contributed by atoms with Gasteiger partial charge in [0, 0.05) is 5.69 Å². The number of azo groups is 1. The lowest BCUT2D eigenvalue weighted by Crippen LogP contribution is -2.16. The Morgan fingerprint density at radius 2 is 1.96 bits per heavy atom. The second kappa shape index (κ2) is 7.45. The zero-order valence-electron chi connectivity index (χ0n) is 12.1. The Kier molecular flexibility index (Phi) is 5.36. The molecule has 0 atom stereocenters. The number of amidine groups is 1. The van der Waals surface area contributed by atoms with Crippen LogP contribution in [0.3, 0.4) is 0 Å². The van der Waals surface area contributed by atoms with Gasteiger partial charge in [0.15, 0.2) is 0 Å². The monoisotopic (exact) mass is 332 g/mol. The van der Waals surface area contributed by atoms with E-state index in [0.29, 0.717) is 11.3 Å². The zero-order valence-corrected chi connectivity index (χ0v) is 12.9. The maximum absolute atomic E-state index is 11.8. The third-order valence-corrected chi connectivity index (χ3v) is 3.46. The number of esters is 1. The second-order valence-corrected chi connectivity index (χ2v) is 5.19. The molecule has 8 nitrogen and oxygen atoms in total. The molecular weight excluding hydrogens is 320 g/mol. The number of carbonyl (C=O) groups excluding carboxylic acids is 3. The Bertz CT molecular complexity index is 725. The van der Waals surface area contributed by atoms with E-state index < -0.39 is 11.9 Å². The Hall–Kier alpha value is -2.81. The topological polar surface area (TPSA) is 110 Å². The van der Waals surface area contributed by atoms with Crippen molar-refractivity contribution in [2.45, 2.75) is 0 Å². The van der Waals surface area contributed by atoms with Gasteiger partial charge in [-0.05, 0) is 24.3 Å². The maximum atomic E-state index is 11.8. The third-order valence-electron chi connectivity index (χ3n) is 2.62. The number of hydrogen-bond acceptors (Lipinski definition) is 7. The predicted octanol–water partition coefficient (Wildman–Crippen LogP) is 2.01. The van der Waals surface area contributed by atoms with E-state index in [1.807, 2.05) is 0 Å². The van der Waals surface area contributed by atoms with Crippen molar-refractivity contribution in [2.24, 2.45) is 15.2 Å². The smallest absolute Gasteiger partial charge is 0.337 e. The summed E-state index contributed by atoms with van der Waals surface area (Å²) in [6.07, 6.45) is 0. The number of methoxy groups -OCH3 is 1. The van der Waals surface area contributed by atoms with E-state index in [1.165, 1.54) is 19.2 Å². The van der Waals surface area contributed by atoms with Crippen molar-refractivity contribution in [3.8, 4) is 0 Å². The first-order chi connectivity index (χ1) is 11.0. The molecule has 0 unspecified atom stereocenters. The summed E-state index contributed by atoms with van der Waals surface area (Å²) < 4.78 is 4.58. The summed E-state index contributed by atoms with van der Waals surface area (Å²) in [5, 5.41) is 9.96. The van der Waals surface area contributed by atoms with Crippen LogP contribution in [0.5, 0.6) is 0 Å². The second-order valence-electron chi connectivity index (χ2n) is 4.25. The van der Waals surface area contributed by atoms with Gasteiger partial charge in [-0.25, -0.2) is 4.79 Å². The Morgan fingerprint density at radius 3 is 2.57 bits per heavy atom. The highest BCUT2D eigenvalue weighted by atomic mass is 32.2. The minimum Gasteiger partial charge on any atom is -0.465 e. The van der Waals surface area contributed by atoms with Crippen LogP contribution in [-0.2, 0) is 14.3 Å². The average molecular weight is 332 g/mol. The van der Waals surface area contributed by atoms with E-state index >= 15 is 0 Å². The molecule has 0 aliphatic carbocycles. The normalized spacial score (nSPS) is 13.5. The Morgan fingerprint density at radius 1 is 1.26 bits per heavy atom. The van der Waals surface area contributed by atoms with Gasteiger partial charge in [0.25, 0.3) is 5.91 Å². The lowest BCUT2D eigenvalue weighted by Gasteiger charge is -2.06. The minimum absolute atomic E-state index is 0.0103. The van der Waals surface area contributed by atoms with Crippen LogP contribution >= 0.6 is 11.8 Å².